The van der Waals surface area contributed by atoms with Crippen LogP contribution in [-0.4, -0.2) is 60.2 Å². The van der Waals surface area contributed by atoms with E-state index in [9.17, 15) is 14.4 Å². The number of para-hydroxylation sites is 1. The second-order valence-electron chi connectivity index (χ2n) is 10.7. The van der Waals surface area contributed by atoms with Gasteiger partial charge >= 0.3 is 0 Å². The van der Waals surface area contributed by atoms with Gasteiger partial charge in [-0.15, -0.1) is 11.3 Å². The van der Waals surface area contributed by atoms with Gasteiger partial charge in [0.2, 0.25) is 11.8 Å². The number of fused-ring (bicyclic) bond motifs is 1. The van der Waals surface area contributed by atoms with Crippen LogP contribution in [-0.2, 0) is 16.1 Å². The van der Waals surface area contributed by atoms with Crippen molar-refractivity contribution >= 4 is 34.9 Å². The lowest BCUT2D eigenvalue weighted by molar-refractivity contribution is -0.139. The van der Waals surface area contributed by atoms with Crippen LogP contribution < -0.4 is 20.7 Å². The van der Waals surface area contributed by atoms with E-state index in [1.54, 1.807) is 40.5 Å². The van der Waals surface area contributed by atoms with E-state index >= 15 is 0 Å². The van der Waals surface area contributed by atoms with Crippen molar-refractivity contribution in [3.8, 4) is 11.5 Å². The number of amides is 3. The van der Waals surface area contributed by atoms with Crippen molar-refractivity contribution in [2.45, 2.75) is 38.4 Å². The highest BCUT2D eigenvalue weighted by molar-refractivity contribution is 7.10. The molecule has 6 rings (SSSR count). The quantitative estimate of drug-likeness (QED) is 0.374. The van der Waals surface area contributed by atoms with E-state index in [1.807, 2.05) is 41.8 Å². The maximum atomic E-state index is 13.3. The molecule has 2 aliphatic heterocycles. The van der Waals surface area contributed by atoms with Gasteiger partial charge in [0.05, 0.1) is 19.6 Å². The summed E-state index contributed by atoms with van der Waals surface area (Å²) in [5, 5.41) is 11.0. The van der Waals surface area contributed by atoms with Crippen LogP contribution in [0.15, 0.2) is 71.0 Å². The predicted molar refractivity (Wildman–Crippen MR) is 153 cm³/mol. The molecule has 1 saturated heterocycles. The maximum Gasteiger partial charge on any atom is 0.251 e. The van der Waals surface area contributed by atoms with Crippen LogP contribution in [0, 0.1) is 5.41 Å². The number of amidine groups is 1. The third kappa shape index (κ3) is 5.44. The molecule has 0 radical (unpaired) electrons. The van der Waals surface area contributed by atoms with E-state index in [2.05, 4.69) is 27.9 Å². The summed E-state index contributed by atoms with van der Waals surface area (Å²) in [5.41, 5.74) is 1.42. The molecule has 10 heteroatoms. The van der Waals surface area contributed by atoms with E-state index in [4.69, 9.17) is 4.74 Å². The lowest BCUT2D eigenvalue weighted by atomic mass is 10.0. The van der Waals surface area contributed by atoms with Gasteiger partial charge in [-0.3, -0.25) is 19.4 Å². The first-order valence-corrected chi connectivity index (χ1v) is 14.3. The molecular formula is C30H31N5O4S. The zero-order valence-corrected chi connectivity index (χ0v) is 23.0. The van der Waals surface area contributed by atoms with Crippen LogP contribution in [0.4, 0.5) is 0 Å². The zero-order valence-electron chi connectivity index (χ0n) is 22.2. The van der Waals surface area contributed by atoms with Gasteiger partial charge in [-0.1, -0.05) is 25.1 Å². The Morgan fingerprint density at radius 2 is 1.85 bits per heavy atom. The third-order valence-electron chi connectivity index (χ3n) is 7.76. The van der Waals surface area contributed by atoms with Gasteiger partial charge in [0.15, 0.2) is 0 Å². The summed E-state index contributed by atoms with van der Waals surface area (Å²) in [5.74, 6) is 1.46. The minimum absolute atomic E-state index is 0.0295. The number of carbonyl (C=O) groups excluding carboxylic acids is 3. The summed E-state index contributed by atoms with van der Waals surface area (Å²) in [6.07, 6.45) is 1.51. The number of rotatable bonds is 9. The summed E-state index contributed by atoms with van der Waals surface area (Å²) in [7, 11) is 0. The number of piperidine rings is 1. The van der Waals surface area contributed by atoms with Crippen molar-refractivity contribution in [1.82, 2.24) is 20.9 Å². The van der Waals surface area contributed by atoms with E-state index in [0.717, 1.165) is 35.8 Å². The van der Waals surface area contributed by atoms with Crippen molar-refractivity contribution in [3.63, 3.8) is 0 Å². The average molecular weight is 558 g/mol. The molecule has 1 aromatic heterocycles. The normalized spacial score (nSPS) is 22.6. The first-order valence-electron chi connectivity index (χ1n) is 13.5. The van der Waals surface area contributed by atoms with Crippen LogP contribution in [0.2, 0.25) is 0 Å². The molecule has 1 unspecified atom stereocenters. The molecule has 40 heavy (non-hydrogen) atoms. The zero-order chi connectivity index (χ0) is 27.7. The fourth-order valence-electron chi connectivity index (χ4n) is 5.49. The van der Waals surface area contributed by atoms with Crippen molar-refractivity contribution in [2.24, 2.45) is 10.4 Å². The second-order valence-corrected chi connectivity index (χ2v) is 11.7. The van der Waals surface area contributed by atoms with Gasteiger partial charge in [0, 0.05) is 34.0 Å². The topological polar surface area (TPSA) is 112 Å². The first-order chi connectivity index (χ1) is 19.4. The SMILES string of the molecule is C[C@]12CC1N(C(=O)CNC(=O)c1ccc(Oc3ccccc3)cc1)[C@H](C(=O)NCc1cc(C3=NCCN3)cs1)C2. The number of thiophene rings is 1. The number of likely N-dealkylation sites (tertiary alicyclic amines) is 1. The van der Waals surface area contributed by atoms with Crippen LogP contribution in [0.3, 0.4) is 0 Å². The summed E-state index contributed by atoms with van der Waals surface area (Å²) in [6.45, 7) is 3.97. The molecule has 3 amide bonds. The Kier molecular flexibility index (Phi) is 7.02. The monoisotopic (exact) mass is 557 g/mol. The highest BCUT2D eigenvalue weighted by Gasteiger charge is 2.64. The van der Waals surface area contributed by atoms with Gasteiger partial charge in [-0.25, -0.2) is 0 Å². The Balaban J connectivity index is 1.03. The number of benzene rings is 2. The number of nitrogens with zero attached hydrogens (tertiary/aromatic N) is 2. The van der Waals surface area contributed by atoms with Gasteiger partial charge in [0.1, 0.15) is 23.4 Å². The van der Waals surface area contributed by atoms with Crippen LogP contribution in [0.25, 0.3) is 0 Å². The Bertz CT molecular complexity index is 1450. The third-order valence-corrected chi connectivity index (χ3v) is 8.70. The molecule has 3 N–H and O–H groups in total. The molecule has 0 bridgehead atoms. The molecule has 1 aliphatic carbocycles. The lowest BCUT2D eigenvalue weighted by Gasteiger charge is -2.27. The summed E-state index contributed by atoms with van der Waals surface area (Å²) in [4.78, 5) is 46.3. The molecule has 2 fully saturated rings. The van der Waals surface area contributed by atoms with Crippen molar-refractivity contribution in [3.05, 3.63) is 82.0 Å². The molecule has 3 heterocycles. The average Bonchev–Trinajstić information content (AvgIpc) is 3.43. The summed E-state index contributed by atoms with van der Waals surface area (Å²) >= 11 is 1.58. The number of hydrogen-bond donors (Lipinski definition) is 3. The van der Waals surface area contributed by atoms with E-state index in [0.29, 0.717) is 30.0 Å². The second kappa shape index (κ2) is 10.8. The van der Waals surface area contributed by atoms with Crippen molar-refractivity contribution < 1.29 is 19.1 Å². The standard InChI is InChI=1S/C30H31N5O4S/c1-30-14-24(29(38)33-16-23-13-20(18-40-23)27-31-11-12-32-27)35(25(30)15-30)26(36)17-34-28(37)19-7-9-22(10-8-19)39-21-5-3-2-4-6-21/h2-10,13,18,24-25H,11-12,14-17H2,1H3,(H,31,32)(H,33,38)(H,34,37)/t24-,25?,30-/m0/s1. The number of carbonyl (C=O) groups is 3. The Morgan fingerprint density at radius 1 is 1.07 bits per heavy atom. The maximum absolute atomic E-state index is 13.3. The summed E-state index contributed by atoms with van der Waals surface area (Å²) in [6, 6.07) is 17.7. The number of nitrogens with one attached hydrogen (secondary N) is 3. The first kappa shape index (κ1) is 26.1. The molecule has 3 aliphatic rings. The molecule has 3 atom stereocenters. The van der Waals surface area contributed by atoms with Crippen molar-refractivity contribution in [1.29, 1.82) is 0 Å². The smallest absolute Gasteiger partial charge is 0.251 e. The number of aliphatic imine (C=N–C) groups is 1. The molecule has 1 saturated carbocycles. The Hall–Kier alpha value is -4.18. The minimum atomic E-state index is -0.539. The predicted octanol–water partition coefficient (Wildman–Crippen LogP) is 3.32. The fraction of sp³-hybridized carbons (Fsp3) is 0.333. The van der Waals surface area contributed by atoms with Crippen molar-refractivity contribution in [2.75, 3.05) is 19.6 Å². The number of ether oxygens (including phenoxy) is 1. The van der Waals surface area contributed by atoms with E-state index in [-0.39, 0.29) is 35.7 Å². The van der Waals surface area contributed by atoms with Gasteiger partial charge < -0.3 is 25.6 Å². The van der Waals surface area contributed by atoms with Crippen LogP contribution >= 0.6 is 11.3 Å². The molecular weight excluding hydrogens is 526 g/mol. The molecule has 0 spiro atoms. The van der Waals surface area contributed by atoms with Crippen LogP contribution in [0.5, 0.6) is 11.5 Å². The highest BCUT2D eigenvalue weighted by Crippen LogP contribution is 2.59. The van der Waals surface area contributed by atoms with E-state index in [1.165, 1.54) is 0 Å². The highest BCUT2D eigenvalue weighted by atomic mass is 32.1. The lowest BCUT2D eigenvalue weighted by Crippen LogP contribution is -2.50. The number of hydrogen-bond acceptors (Lipinski definition) is 7. The summed E-state index contributed by atoms with van der Waals surface area (Å²) < 4.78 is 5.77. The Labute approximate surface area is 236 Å². The van der Waals surface area contributed by atoms with Gasteiger partial charge in [0.25, 0.3) is 5.91 Å². The van der Waals surface area contributed by atoms with Gasteiger partial charge in [-0.2, -0.15) is 0 Å². The fourth-order valence-corrected chi connectivity index (χ4v) is 6.30. The molecule has 9 nitrogen and oxygen atoms in total. The van der Waals surface area contributed by atoms with E-state index < -0.39 is 6.04 Å². The Morgan fingerprint density at radius 3 is 2.60 bits per heavy atom. The van der Waals surface area contributed by atoms with Crippen LogP contribution in [0.1, 0.15) is 40.6 Å². The largest absolute Gasteiger partial charge is 0.457 e. The molecule has 3 aromatic rings. The molecule has 2 aromatic carbocycles. The van der Waals surface area contributed by atoms with Gasteiger partial charge in [-0.05, 0) is 60.7 Å². The minimum Gasteiger partial charge on any atom is -0.457 e. The molecule has 206 valence electrons.